The summed E-state index contributed by atoms with van der Waals surface area (Å²) in [6, 6.07) is 0. The lowest BCUT2D eigenvalue weighted by Gasteiger charge is -2.30. The van der Waals surface area contributed by atoms with Crippen LogP contribution in [0.15, 0.2) is 0 Å². The lowest BCUT2D eigenvalue weighted by molar-refractivity contribution is -0.136. The van der Waals surface area contributed by atoms with E-state index in [0.29, 0.717) is 5.92 Å². The van der Waals surface area contributed by atoms with Gasteiger partial charge < -0.3 is 15.5 Å². The summed E-state index contributed by atoms with van der Waals surface area (Å²) in [5, 5.41) is 0. The molecule has 1 unspecified atom stereocenters. The minimum Gasteiger partial charge on any atom is -0.344 e. The molecule has 0 bridgehead atoms. The van der Waals surface area contributed by atoms with Crippen molar-refractivity contribution in [2.45, 2.75) is 37.6 Å². The Kier molecular flexibility index (Phi) is 3.73. The van der Waals surface area contributed by atoms with Gasteiger partial charge in [-0.3, -0.25) is 4.79 Å². The minimum absolute atomic E-state index is 0.157. The Hall–Kier alpha value is -0.610. The van der Waals surface area contributed by atoms with Gasteiger partial charge in [0.2, 0.25) is 5.91 Å². The number of hydrogen-bond acceptors (Lipinski definition) is 3. The second-order valence-corrected chi connectivity index (χ2v) is 5.97. The summed E-state index contributed by atoms with van der Waals surface area (Å²) in [6.07, 6.45) is 5.12. The third-order valence-electron chi connectivity index (χ3n) is 4.29. The van der Waals surface area contributed by atoms with E-state index in [9.17, 15) is 4.79 Å². The maximum atomic E-state index is 12.3. The molecular weight excluding hydrogens is 214 g/mol. The monoisotopic (exact) mass is 239 g/mol. The molecule has 1 amide bonds. The van der Waals surface area contributed by atoms with Crippen molar-refractivity contribution in [1.82, 2.24) is 9.80 Å². The highest BCUT2D eigenvalue weighted by atomic mass is 16.2. The normalized spacial score (nSPS) is 28.5. The topological polar surface area (TPSA) is 49.6 Å². The van der Waals surface area contributed by atoms with Crippen LogP contribution < -0.4 is 5.73 Å². The van der Waals surface area contributed by atoms with Crippen LogP contribution in [0.2, 0.25) is 0 Å². The van der Waals surface area contributed by atoms with Gasteiger partial charge in [-0.2, -0.15) is 0 Å². The minimum atomic E-state index is -0.556. The van der Waals surface area contributed by atoms with Crippen molar-refractivity contribution in [3.8, 4) is 0 Å². The van der Waals surface area contributed by atoms with E-state index in [1.807, 2.05) is 11.9 Å². The molecule has 0 spiro atoms. The van der Waals surface area contributed by atoms with Gasteiger partial charge in [0, 0.05) is 20.1 Å². The van der Waals surface area contributed by atoms with Crippen molar-refractivity contribution in [2.24, 2.45) is 11.7 Å². The van der Waals surface area contributed by atoms with Crippen LogP contribution >= 0.6 is 0 Å². The maximum Gasteiger partial charge on any atom is 0.242 e. The number of carbonyl (C=O) groups excluding carboxylic acids is 1. The molecule has 2 N–H and O–H groups in total. The predicted octanol–water partition coefficient (Wildman–Crippen LogP) is 0.668. The van der Waals surface area contributed by atoms with Crippen molar-refractivity contribution in [1.29, 1.82) is 0 Å². The van der Waals surface area contributed by atoms with Crippen LogP contribution in [0.1, 0.15) is 32.1 Å². The molecule has 98 valence electrons. The molecule has 1 heterocycles. The molecule has 1 aliphatic carbocycles. The third kappa shape index (κ3) is 2.80. The highest BCUT2D eigenvalue weighted by Gasteiger charge is 2.39. The summed E-state index contributed by atoms with van der Waals surface area (Å²) < 4.78 is 0. The molecule has 0 radical (unpaired) electrons. The van der Waals surface area contributed by atoms with Gasteiger partial charge in [-0.15, -0.1) is 0 Å². The summed E-state index contributed by atoms with van der Waals surface area (Å²) in [7, 11) is 4.05. The first-order valence-electron chi connectivity index (χ1n) is 6.74. The van der Waals surface area contributed by atoms with Crippen molar-refractivity contribution in [2.75, 3.05) is 33.7 Å². The fourth-order valence-corrected chi connectivity index (χ4v) is 3.25. The second-order valence-electron chi connectivity index (χ2n) is 5.97. The van der Waals surface area contributed by atoms with Crippen molar-refractivity contribution in [3.63, 3.8) is 0 Å². The van der Waals surface area contributed by atoms with Crippen LogP contribution in [-0.4, -0.2) is 55.0 Å². The summed E-state index contributed by atoms with van der Waals surface area (Å²) in [4.78, 5) is 16.5. The second kappa shape index (κ2) is 4.94. The summed E-state index contributed by atoms with van der Waals surface area (Å²) in [5.41, 5.74) is 5.65. The molecule has 2 aliphatic rings. The van der Waals surface area contributed by atoms with Gasteiger partial charge in [-0.25, -0.2) is 0 Å². The molecule has 4 nitrogen and oxygen atoms in total. The number of likely N-dealkylation sites (N-methyl/N-ethyl adjacent to an activating group) is 1. The first-order valence-corrected chi connectivity index (χ1v) is 6.74. The molecule has 0 aromatic carbocycles. The van der Waals surface area contributed by atoms with E-state index in [1.54, 1.807) is 0 Å². The molecule has 1 saturated carbocycles. The van der Waals surface area contributed by atoms with E-state index in [2.05, 4.69) is 11.9 Å². The van der Waals surface area contributed by atoms with E-state index in [1.165, 1.54) is 6.42 Å². The zero-order chi connectivity index (χ0) is 12.5. The van der Waals surface area contributed by atoms with Gasteiger partial charge in [0.05, 0.1) is 5.54 Å². The maximum absolute atomic E-state index is 12.3. The van der Waals surface area contributed by atoms with Gasteiger partial charge in [-0.1, -0.05) is 12.8 Å². The van der Waals surface area contributed by atoms with Crippen LogP contribution in [-0.2, 0) is 4.79 Å². The molecule has 1 saturated heterocycles. The van der Waals surface area contributed by atoms with Gasteiger partial charge >= 0.3 is 0 Å². The highest BCUT2D eigenvalue weighted by molar-refractivity contribution is 5.86. The van der Waals surface area contributed by atoms with Crippen LogP contribution in [0.3, 0.4) is 0 Å². The summed E-state index contributed by atoms with van der Waals surface area (Å²) in [5.74, 6) is 0.781. The average molecular weight is 239 g/mol. The number of rotatable bonds is 3. The van der Waals surface area contributed by atoms with Crippen molar-refractivity contribution >= 4 is 5.91 Å². The fraction of sp³-hybridized carbons (Fsp3) is 0.923. The number of carbonyl (C=O) groups is 1. The molecule has 0 aromatic rings. The van der Waals surface area contributed by atoms with Crippen molar-refractivity contribution < 1.29 is 4.79 Å². The van der Waals surface area contributed by atoms with Gasteiger partial charge in [0.15, 0.2) is 0 Å². The third-order valence-corrected chi connectivity index (χ3v) is 4.29. The van der Waals surface area contributed by atoms with E-state index in [-0.39, 0.29) is 5.91 Å². The zero-order valence-corrected chi connectivity index (χ0v) is 11.1. The average Bonchev–Trinajstić information content (AvgIpc) is 2.88. The molecule has 1 aliphatic heterocycles. The largest absolute Gasteiger partial charge is 0.344 e. The van der Waals surface area contributed by atoms with Gasteiger partial charge in [0.25, 0.3) is 0 Å². The first kappa shape index (κ1) is 12.8. The Morgan fingerprint density at radius 1 is 1.47 bits per heavy atom. The zero-order valence-electron chi connectivity index (χ0n) is 11.1. The van der Waals surface area contributed by atoms with Crippen LogP contribution in [0.4, 0.5) is 0 Å². The molecular formula is C13H25N3O. The molecule has 1 atom stereocenters. The number of likely N-dealkylation sites (tertiary alicyclic amines) is 1. The molecule has 2 rings (SSSR count). The summed E-state index contributed by atoms with van der Waals surface area (Å²) in [6.45, 7) is 3.12. The van der Waals surface area contributed by atoms with Crippen molar-refractivity contribution in [3.05, 3.63) is 0 Å². The lowest BCUT2D eigenvalue weighted by atomic mass is 9.96. The number of hydrogen-bond donors (Lipinski definition) is 1. The van der Waals surface area contributed by atoms with E-state index in [0.717, 1.165) is 45.3 Å². The Bertz CT molecular complexity index is 286. The summed E-state index contributed by atoms with van der Waals surface area (Å²) >= 11 is 0. The molecule has 17 heavy (non-hydrogen) atoms. The van der Waals surface area contributed by atoms with Gasteiger partial charge in [0.1, 0.15) is 0 Å². The van der Waals surface area contributed by atoms with E-state index in [4.69, 9.17) is 5.73 Å². The SMILES string of the molecule is CN1CCC(CN(C)C(=O)C2(N)CCCC2)C1. The quantitative estimate of drug-likeness (QED) is 0.787. The van der Waals surface area contributed by atoms with Crippen LogP contribution in [0.25, 0.3) is 0 Å². The molecule has 0 aromatic heterocycles. The molecule has 4 heteroatoms. The smallest absolute Gasteiger partial charge is 0.242 e. The first-order chi connectivity index (χ1) is 8.01. The van der Waals surface area contributed by atoms with Crippen LogP contribution in [0, 0.1) is 5.92 Å². The number of nitrogens with zero attached hydrogens (tertiary/aromatic N) is 2. The van der Waals surface area contributed by atoms with E-state index >= 15 is 0 Å². The Labute approximate surface area is 104 Å². The van der Waals surface area contributed by atoms with E-state index < -0.39 is 5.54 Å². The Balaban J connectivity index is 1.87. The predicted molar refractivity (Wildman–Crippen MR) is 68.6 cm³/mol. The number of amides is 1. The lowest BCUT2D eigenvalue weighted by Crippen LogP contribution is -2.53. The fourth-order valence-electron chi connectivity index (χ4n) is 3.25. The Morgan fingerprint density at radius 3 is 2.65 bits per heavy atom. The van der Waals surface area contributed by atoms with Crippen LogP contribution in [0.5, 0.6) is 0 Å². The number of nitrogens with two attached hydrogens (primary N) is 1. The van der Waals surface area contributed by atoms with Gasteiger partial charge in [-0.05, 0) is 38.8 Å². The highest BCUT2D eigenvalue weighted by Crippen LogP contribution is 2.29. The standard InChI is InChI=1S/C13H25N3O/c1-15-8-5-11(9-15)10-16(2)12(17)13(14)6-3-4-7-13/h11H,3-10,14H2,1-2H3. The molecule has 2 fully saturated rings. The Morgan fingerprint density at radius 2 is 2.12 bits per heavy atom.